The lowest BCUT2D eigenvalue weighted by Gasteiger charge is -2.12. The largest absolute Gasteiger partial charge is 0.343 e. The van der Waals surface area contributed by atoms with Gasteiger partial charge in [-0.25, -0.2) is 4.79 Å². The van der Waals surface area contributed by atoms with Crippen LogP contribution in [0.5, 0.6) is 0 Å². The van der Waals surface area contributed by atoms with Crippen LogP contribution >= 0.6 is 11.8 Å². The fourth-order valence-electron chi connectivity index (χ4n) is 2.11. The molecule has 0 fully saturated rings. The first-order valence-corrected chi connectivity index (χ1v) is 7.97. The Balaban J connectivity index is 1.55. The van der Waals surface area contributed by atoms with E-state index < -0.39 is 17.8 Å². The standard InChI is InChI=1S/C16H12N2O4S/c19-14(10-23-9-11-4-3-7-17-8-11)22-18-15(20)12-5-1-2-6-13(12)16(18)21/h1-8H,9-10H2. The Morgan fingerprint density at radius 1 is 1.09 bits per heavy atom. The Labute approximate surface area is 136 Å². The van der Waals surface area contributed by atoms with E-state index >= 15 is 0 Å². The molecule has 1 aromatic heterocycles. The van der Waals surface area contributed by atoms with Crippen molar-refractivity contribution in [3.8, 4) is 0 Å². The van der Waals surface area contributed by atoms with Gasteiger partial charge in [0, 0.05) is 18.1 Å². The number of benzene rings is 1. The second kappa shape index (κ2) is 6.62. The van der Waals surface area contributed by atoms with E-state index in [1.165, 1.54) is 23.9 Å². The number of carbonyl (C=O) groups excluding carboxylic acids is 3. The number of imide groups is 1. The van der Waals surface area contributed by atoms with E-state index in [9.17, 15) is 14.4 Å². The van der Waals surface area contributed by atoms with Gasteiger partial charge >= 0.3 is 5.97 Å². The van der Waals surface area contributed by atoms with Crippen LogP contribution < -0.4 is 0 Å². The van der Waals surface area contributed by atoms with Crippen LogP contribution in [0.15, 0.2) is 48.8 Å². The summed E-state index contributed by atoms with van der Waals surface area (Å²) in [5.41, 5.74) is 1.47. The van der Waals surface area contributed by atoms with Crippen molar-refractivity contribution in [1.82, 2.24) is 10.0 Å². The maximum atomic E-state index is 12.1. The van der Waals surface area contributed by atoms with Crippen LogP contribution in [0.4, 0.5) is 0 Å². The maximum absolute atomic E-state index is 12.1. The number of hydroxylamine groups is 2. The van der Waals surface area contributed by atoms with Crippen LogP contribution in [0.1, 0.15) is 26.3 Å². The van der Waals surface area contributed by atoms with Gasteiger partial charge in [-0.2, -0.15) is 0 Å². The molecule has 7 heteroatoms. The molecule has 0 unspecified atom stereocenters. The highest BCUT2D eigenvalue weighted by Gasteiger charge is 2.38. The molecule has 1 aliphatic rings. The van der Waals surface area contributed by atoms with Gasteiger partial charge in [-0.3, -0.25) is 14.6 Å². The second-order valence-electron chi connectivity index (χ2n) is 4.77. The zero-order valence-corrected chi connectivity index (χ0v) is 12.8. The maximum Gasteiger partial charge on any atom is 0.343 e. The highest BCUT2D eigenvalue weighted by atomic mass is 32.2. The molecule has 0 bridgehead atoms. The normalized spacial score (nSPS) is 13.1. The lowest BCUT2D eigenvalue weighted by atomic mass is 10.1. The molecule has 2 aromatic rings. The molecule has 0 atom stereocenters. The highest BCUT2D eigenvalue weighted by Crippen LogP contribution is 2.23. The smallest absolute Gasteiger partial charge is 0.329 e. The van der Waals surface area contributed by atoms with Gasteiger partial charge in [0.1, 0.15) is 0 Å². The van der Waals surface area contributed by atoms with Crippen LogP contribution in [-0.4, -0.2) is 33.6 Å². The van der Waals surface area contributed by atoms with Crippen molar-refractivity contribution in [2.45, 2.75) is 5.75 Å². The predicted molar refractivity (Wildman–Crippen MR) is 83.4 cm³/mol. The SMILES string of the molecule is O=C(CSCc1cccnc1)ON1C(=O)c2ccccc2C1=O. The number of pyridine rings is 1. The number of thioether (sulfide) groups is 1. The third-order valence-corrected chi connectivity index (χ3v) is 4.14. The summed E-state index contributed by atoms with van der Waals surface area (Å²) >= 11 is 1.32. The fraction of sp³-hybridized carbons (Fsp3) is 0.125. The summed E-state index contributed by atoms with van der Waals surface area (Å²) in [5.74, 6) is -1.26. The number of hydrogen-bond donors (Lipinski definition) is 0. The van der Waals surface area contributed by atoms with Gasteiger partial charge in [-0.05, 0) is 23.8 Å². The molecule has 6 nitrogen and oxygen atoms in total. The van der Waals surface area contributed by atoms with Gasteiger partial charge in [-0.15, -0.1) is 11.8 Å². The molecule has 2 heterocycles. The van der Waals surface area contributed by atoms with E-state index in [1.54, 1.807) is 24.5 Å². The third-order valence-electron chi connectivity index (χ3n) is 3.16. The Hall–Kier alpha value is -2.67. The third kappa shape index (κ3) is 3.24. The number of nitrogens with zero attached hydrogens (tertiary/aromatic N) is 2. The van der Waals surface area contributed by atoms with Crippen molar-refractivity contribution in [3.05, 3.63) is 65.5 Å². The zero-order chi connectivity index (χ0) is 16.2. The van der Waals surface area contributed by atoms with E-state index in [1.807, 2.05) is 12.1 Å². The molecule has 0 spiro atoms. The van der Waals surface area contributed by atoms with Crippen molar-refractivity contribution in [2.24, 2.45) is 0 Å². The van der Waals surface area contributed by atoms with E-state index in [0.717, 1.165) is 5.56 Å². The van der Waals surface area contributed by atoms with Crippen LogP contribution in [0.25, 0.3) is 0 Å². The summed E-state index contributed by atoms with van der Waals surface area (Å²) in [4.78, 5) is 44.8. The molecule has 1 aliphatic heterocycles. The first kappa shape index (κ1) is 15.2. The molecule has 2 amide bonds. The number of aromatic nitrogens is 1. The van der Waals surface area contributed by atoms with Gasteiger partial charge in [0.05, 0.1) is 16.9 Å². The number of hydrogen-bond acceptors (Lipinski definition) is 6. The summed E-state index contributed by atoms with van der Waals surface area (Å²) in [7, 11) is 0. The van der Waals surface area contributed by atoms with Crippen LogP contribution in [-0.2, 0) is 15.4 Å². The van der Waals surface area contributed by atoms with E-state index in [4.69, 9.17) is 4.84 Å². The van der Waals surface area contributed by atoms with Gasteiger partial charge in [0.15, 0.2) is 0 Å². The van der Waals surface area contributed by atoms with Crippen LogP contribution in [0.2, 0.25) is 0 Å². The minimum atomic E-state index is -0.645. The fourth-order valence-corrected chi connectivity index (χ4v) is 2.84. The summed E-state index contributed by atoms with van der Waals surface area (Å²) in [6.07, 6.45) is 3.38. The minimum absolute atomic E-state index is 0.0301. The molecule has 116 valence electrons. The van der Waals surface area contributed by atoms with Crippen molar-refractivity contribution < 1.29 is 19.2 Å². The van der Waals surface area contributed by atoms with Gasteiger partial charge in [0.2, 0.25) is 0 Å². The molecule has 0 radical (unpaired) electrons. The summed E-state index contributed by atoms with van der Waals surface area (Å²) in [6.45, 7) is 0. The highest BCUT2D eigenvalue weighted by molar-refractivity contribution is 7.99. The van der Waals surface area contributed by atoms with Crippen LogP contribution in [0.3, 0.4) is 0 Å². The minimum Gasteiger partial charge on any atom is -0.329 e. The topological polar surface area (TPSA) is 76.6 Å². The molecule has 3 rings (SSSR count). The molecule has 0 saturated carbocycles. The number of rotatable bonds is 5. The van der Waals surface area contributed by atoms with E-state index in [-0.39, 0.29) is 16.9 Å². The van der Waals surface area contributed by atoms with Gasteiger partial charge in [0.25, 0.3) is 11.8 Å². The summed E-state index contributed by atoms with van der Waals surface area (Å²) in [5, 5.41) is 0.525. The summed E-state index contributed by atoms with van der Waals surface area (Å²) in [6, 6.07) is 10.1. The Kier molecular flexibility index (Phi) is 4.38. The Bertz CT molecular complexity index is 729. The molecule has 0 N–H and O–H groups in total. The monoisotopic (exact) mass is 328 g/mol. The quantitative estimate of drug-likeness (QED) is 0.782. The number of fused-ring (bicyclic) bond motifs is 1. The van der Waals surface area contributed by atoms with Crippen molar-refractivity contribution >= 4 is 29.5 Å². The van der Waals surface area contributed by atoms with Crippen molar-refractivity contribution in [1.29, 1.82) is 0 Å². The molecule has 0 saturated heterocycles. The Morgan fingerprint density at radius 3 is 2.39 bits per heavy atom. The predicted octanol–water partition coefficient (Wildman–Crippen LogP) is 2.07. The van der Waals surface area contributed by atoms with Crippen molar-refractivity contribution in [3.63, 3.8) is 0 Å². The summed E-state index contributed by atoms with van der Waals surface area (Å²) < 4.78 is 0. The number of amides is 2. The molecule has 23 heavy (non-hydrogen) atoms. The average Bonchev–Trinajstić information content (AvgIpc) is 2.81. The second-order valence-corrected chi connectivity index (χ2v) is 5.75. The zero-order valence-electron chi connectivity index (χ0n) is 12.0. The van der Waals surface area contributed by atoms with Crippen molar-refractivity contribution in [2.75, 3.05) is 5.75 Å². The first-order valence-electron chi connectivity index (χ1n) is 6.82. The molecular weight excluding hydrogens is 316 g/mol. The van der Waals surface area contributed by atoms with Gasteiger partial charge in [-0.1, -0.05) is 23.3 Å². The molecule has 1 aromatic carbocycles. The van der Waals surface area contributed by atoms with E-state index in [0.29, 0.717) is 10.8 Å². The average molecular weight is 328 g/mol. The van der Waals surface area contributed by atoms with Crippen LogP contribution in [0, 0.1) is 0 Å². The van der Waals surface area contributed by atoms with E-state index in [2.05, 4.69) is 4.98 Å². The Morgan fingerprint density at radius 2 is 1.78 bits per heavy atom. The number of carbonyl (C=O) groups is 3. The molecule has 0 aliphatic carbocycles. The molecular formula is C16H12N2O4S. The van der Waals surface area contributed by atoms with Gasteiger partial charge < -0.3 is 4.84 Å². The lowest BCUT2D eigenvalue weighted by molar-refractivity contribution is -0.165. The first-order chi connectivity index (χ1) is 11.2. The lowest BCUT2D eigenvalue weighted by Crippen LogP contribution is -2.33.